The van der Waals surface area contributed by atoms with Crippen LogP contribution < -0.4 is 10.2 Å². The standard InChI is InChI=1S/C18H25N3O4.ClH/c1-3-9-20(12-17(23)24)13(2)18(25)19-14-6-4-7-15(11-14)21-10-5-8-16(21)22;/h4,6-7,11,13H,3,5,8-10,12H2,1-2H3,(H,19,25)(H,23,24);1H. The molecular formula is C18H26ClN3O4. The van der Waals surface area contributed by atoms with Crippen molar-refractivity contribution < 1.29 is 19.5 Å². The van der Waals surface area contributed by atoms with Crippen LogP contribution in [0, 0.1) is 0 Å². The number of nitrogens with zero attached hydrogens (tertiary/aromatic N) is 2. The summed E-state index contributed by atoms with van der Waals surface area (Å²) in [7, 11) is 0. The SMILES string of the molecule is CCCN(CC(=O)O)C(C)C(=O)Nc1cccc(N2CCCC2=O)c1.Cl. The molecule has 26 heavy (non-hydrogen) atoms. The summed E-state index contributed by atoms with van der Waals surface area (Å²) in [5.74, 6) is -1.13. The van der Waals surface area contributed by atoms with E-state index in [-0.39, 0.29) is 30.8 Å². The molecule has 1 saturated heterocycles. The second kappa shape index (κ2) is 10.1. The zero-order valence-corrected chi connectivity index (χ0v) is 15.9. The van der Waals surface area contributed by atoms with Crippen LogP contribution in [-0.4, -0.2) is 53.5 Å². The first kappa shape index (κ1) is 21.9. The molecule has 0 aromatic heterocycles. The van der Waals surface area contributed by atoms with Gasteiger partial charge in [0.05, 0.1) is 12.6 Å². The maximum atomic E-state index is 12.5. The van der Waals surface area contributed by atoms with Crippen LogP contribution in [0.2, 0.25) is 0 Å². The van der Waals surface area contributed by atoms with E-state index in [1.165, 1.54) is 0 Å². The number of carboxylic acid groups (broad SMARTS) is 1. The molecule has 0 saturated carbocycles. The van der Waals surface area contributed by atoms with Crippen LogP contribution >= 0.6 is 12.4 Å². The summed E-state index contributed by atoms with van der Waals surface area (Å²) < 4.78 is 0. The lowest BCUT2D eigenvalue weighted by molar-refractivity contribution is -0.139. The molecule has 1 atom stereocenters. The topological polar surface area (TPSA) is 89.9 Å². The fourth-order valence-corrected chi connectivity index (χ4v) is 2.96. The maximum absolute atomic E-state index is 12.5. The van der Waals surface area contributed by atoms with Gasteiger partial charge in [-0.2, -0.15) is 0 Å². The van der Waals surface area contributed by atoms with E-state index in [0.29, 0.717) is 25.2 Å². The number of carbonyl (C=O) groups excluding carboxylic acids is 2. The average Bonchev–Trinajstić information content (AvgIpc) is 2.99. The number of carboxylic acids is 1. The second-order valence-corrected chi connectivity index (χ2v) is 6.23. The van der Waals surface area contributed by atoms with Crippen molar-refractivity contribution in [3.05, 3.63) is 24.3 Å². The van der Waals surface area contributed by atoms with Crippen LogP contribution in [0.1, 0.15) is 33.1 Å². The number of amides is 2. The zero-order chi connectivity index (χ0) is 18.4. The van der Waals surface area contributed by atoms with E-state index in [9.17, 15) is 14.4 Å². The molecule has 1 heterocycles. The normalized spacial score (nSPS) is 14.9. The van der Waals surface area contributed by atoms with E-state index in [0.717, 1.165) is 18.5 Å². The third-order valence-corrected chi connectivity index (χ3v) is 4.28. The summed E-state index contributed by atoms with van der Waals surface area (Å²) >= 11 is 0. The Morgan fingerprint density at radius 2 is 2.12 bits per heavy atom. The van der Waals surface area contributed by atoms with Gasteiger partial charge in [-0.3, -0.25) is 19.3 Å². The molecule has 1 aromatic rings. The van der Waals surface area contributed by atoms with Crippen molar-refractivity contribution >= 4 is 41.6 Å². The Balaban J connectivity index is 0.00000338. The minimum Gasteiger partial charge on any atom is -0.480 e. The highest BCUT2D eigenvalue weighted by Gasteiger charge is 2.24. The molecule has 0 aliphatic carbocycles. The minimum absolute atomic E-state index is 0. The summed E-state index contributed by atoms with van der Waals surface area (Å²) in [6.45, 7) is 4.68. The number of nitrogens with one attached hydrogen (secondary N) is 1. The van der Waals surface area contributed by atoms with Gasteiger partial charge in [-0.25, -0.2) is 0 Å². The van der Waals surface area contributed by atoms with Crippen molar-refractivity contribution in [2.45, 2.75) is 39.2 Å². The van der Waals surface area contributed by atoms with Crippen molar-refractivity contribution in [1.82, 2.24) is 4.90 Å². The molecule has 0 radical (unpaired) electrons. The molecule has 0 bridgehead atoms. The first-order chi connectivity index (χ1) is 11.9. The number of halogens is 1. The van der Waals surface area contributed by atoms with Crippen molar-refractivity contribution in [1.29, 1.82) is 0 Å². The van der Waals surface area contributed by atoms with Crippen LogP contribution in [0.25, 0.3) is 0 Å². The van der Waals surface area contributed by atoms with Crippen LogP contribution in [0.15, 0.2) is 24.3 Å². The van der Waals surface area contributed by atoms with E-state index in [4.69, 9.17) is 5.11 Å². The summed E-state index contributed by atoms with van der Waals surface area (Å²) in [4.78, 5) is 38.7. The number of rotatable bonds is 8. The molecule has 0 spiro atoms. The van der Waals surface area contributed by atoms with Gasteiger partial charge < -0.3 is 15.3 Å². The molecular weight excluding hydrogens is 358 g/mol. The number of carbonyl (C=O) groups is 3. The first-order valence-electron chi connectivity index (χ1n) is 8.59. The second-order valence-electron chi connectivity index (χ2n) is 6.23. The Morgan fingerprint density at radius 1 is 1.38 bits per heavy atom. The van der Waals surface area contributed by atoms with E-state index in [1.807, 2.05) is 13.0 Å². The maximum Gasteiger partial charge on any atom is 0.317 e. The Kier molecular flexibility index (Phi) is 8.54. The largest absolute Gasteiger partial charge is 0.480 e. The highest BCUT2D eigenvalue weighted by molar-refractivity contribution is 5.98. The summed E-state index contributed by atoms with van der Waals surface area (Å²) in [5, 5.41) is 11.8. The van der Waals surface area contributed by atoms with Gasteiger partial charge >= 0.3 is 5.97 Å². The molecule has 1 unspecified atom stereocenters. The third-order valence-electron chi connectivity index (χ3n) is 4.28. The van der Waals surface area contributed by atoms with E-state index >= 15 is 0 Å². The Morgan fingerprint density at radius 3 is 2.69 bits per heavy atom. The zero-order valence-electron chi connectivity index (χ0n) is 15.1. The van der Waals surface area contributed by atoms with Gasteiger partial charge in [0.1, 0.15) is 0 Å². The Hall–Kier alpha value is -2.12. The van der Waals surface area contributed by atoms with Crippen LogP contribution in [-0.2, 0) is 14.4 Å². The third kappa shape index (κ3) is 5.71. The molecule has 8 heteroatoms. The van der Waals surface area contributed by atoms with Gasteiger partial charge in [-0.1, -0.05) is 13.0 Å². The fourth-order valence-electron chi connectivity index (χ4n) is 2.96. The van der Waals surface area contributed by atoms with Crippen molar-refractivity contribution in [3.63, 3.8) is 0 Å². The number of hydrogen-bond donors (Lipinski definition) is 2. The van der Waals surface area contributed by atoms with E-state index < -0.39 is 12.0 Å². The van der Waals surface area contributed by atoms with Gasteiger partial charge in [0, 0.05) is 24.3 Å². The number of hydrogen-bond acceptors (Lipinski definition) is 4. The van der Waals surface area contributed by atoms with Crippen LogP contribution in [0.3, 0.4) is 0 Å². The molecule has 2 rings (SSSR count). The number of aliphatic carboxylic acids is 1. The van der Waals surface area contributed by atoms with Gasteiger partial charge in [0.15, 0.2) is 0 Å². The number of benzene rings is 1. The smallest absolute Gasteiger partial charge is 0.317 e. The summed E-state index contributed by atoms with van der Waals surface area (Å²) in [6, 6.07) is 6.61. The van der Waals surface area contributed by atoms with Crippen molar-refractivity contribution in [2.75, 3.05) is 29.9 Å². The van der Waals surface area contributed by atoms with Crippen molar-refractivity contribution in [3.8, 4) is 0 Å². The Labute approximate surface area is 159 Å². The van der Waals surface area contributed by atoms with Crippen LogP contribution in [0.5, 0.6) is 0 Å². The first-order valence-corrected chi connectivity index (χ1v) is 8.59. The Bertz CT molecular complexity index is 653. The molecule has 1 aliphatic rings. The fraction of sp³-hybridized carbons (Fsp3) is 0.500. The molecule has 2 amide bonds. The lowest BCUT2D eigenvalue weighted by Gasteiger charge is -2.26. The monoisotopic (exact) mass is 383 g/mol. The van der Waals surface area contributed by atoms with Gasteiger partial charge in [-0.15, -0.1) is 12.4 Å². The van der Waals surface area contributed by atoms with Crippen molar-refractivity contribution in [2.24, 2.45) is 0 Å². The van der Waals surface area contributed by atoms with E-state index in [1.54, 1.807) is 34.9 Å². The lowest BCUT2D eigenvalue weighted by Crippen LogP contribution is -2.44. The number of anilines is 2. The molecule has 1 aromatic carbocycles. The average molecular weight is 384 g/mol. The highest BCUT2D eigenvalue weighted by atomic mass is 35.5. The molecule has 1 aliphatic heterocycles. The van der Waals surface area contributed by atoms with E-state index in [2.05, 4.69) is 5.32 Å². The quantitative estimate of drug-likeness (QED) is 0.719. The molecule has 7 nitrogen and oxygen atoms in total. The molecule has 1 fully saturated rings. The van der Waals surface area contributed by atoms with Gasteiger partial charge in [-0.05, 0) is 44.5 Å². The molecule has 2 N–H and O–H groups in total. The van der Waals surface area contributed by atoms with Gasteiger partial charge in [0.25, 0.3) is 0 Å². The van der Waals surface area contributed by atoms with Crippen LogP contribution in [0.4, 0.5) is 11.4 Å². The predicted octanol–water partition coefficient (Wildman–Crippen LogP) is 2.36. The highest BCUT2D eigenvalue weighted by Crippen LogP contribution is 2.24. The molecule has 144 valence electrons. The predicted molar refractivity (Wildman–Crippen MR) is 103 cm³/mol. The minimum atomic E-state index is -0.956. The van der Waals surface area contributed by atoms with Gasteiger partial charge in [0.2, 0.25) is 11.8 Å². The summed E-state index contributed by atoms with van der Waals surface area (Å²) in [6.07, 6.45) is 2.15. The lowest BCUT2D eigenvalue weighted by atomic mass is 10.2. The summed E-state index contributed by atoms with van der Waals surface area (Å²) in [5.41, 5.74) is 1.37.